The van der Waals surface area contributed by atoms with E-state index in [1.54, 1.807) is 32.0 Å². The number of carbonyl (C=O) groups excluding carboxylic acids is 2. The Morgan fingerprint density at radius 1 is 0.897 bits per heavy atom. The van der Waals surface area contributed by atoms with E-state index in [-0.39, 0.29) is 39.8 Å². The quantitative estimate of drug-likeness (QED) is 0.250. The van der Waals surface area contributed by atoms with E-state index in [1.807, 2.05) is 6.92 Å². The molecular weight excluding hydrogens is 522 g/mol. The fraction of sp³-hybridized carbons (Fsp3) is 0.241. The molecule has 1 amide bonds. The first-order chi connectivity index (χ1) is 18.7. The van der Waals surface area contributed by atoms with Crippen LogP contribution in [0.4, 0.5) is 5.69 Å². The highest BCUT2D eigenvalue weighted by Crippen LogP contribution is 2.36. The topological polar surface area (TPSA) is 112 Å². The molecule has 1 heterocycles. The van der Waals surface area contributed by atoms with Gasteiger partial charge >= 0.3 is 5.97 Å². The summed E-state index contributed by atoms with van der Waals surface area (Å²) in [5.74, 6) is -0.946. The van der Waals surface area contributed by atoms with Gasteiger partial charge in [-0.3, -0.25) is 4.79 Å². The van der Waals surface area contributed by atoms with E-state index in [2.05, 4.69) is 0 Å². The summed E-state index contributed by atoms with van der Waals surface area (Å²) in [6, 6.07) is 15.4. The SMILES string of the molecule is CCOC(=O)c1c(C)oc2ccc(N(C(=O)c3c(OC)cccc3OC)S(=O)(=O)c3ccc(CC)cc3)cc12. The van der Waals surface area contributed by atoms with E-state index in [9.17, 15) is 18.0 Å². The molecule has 39 heavy (non-hydrogen) atoms. The van der Waals surface area contributed by atoms with Crippen LogP contribution in [0.3, 0.4) is 0 Å². The number of nitrogens with zero attached hydrogens (tertiary/aromatic N) is 1. The molecule has 0 saturated heterocycles. The van der Waals surface area contributed by atoms with Gasteiger partial charge in [0.15, 0.2) is 0 Å². The number of ether oxygens (including phenoxy) is 3. The molecule has 0 bridgehead atoms. The number of esters is 1. The second-order valence-corrected chi connectivity index (χ2v) is 10.3. The van der Waals surface area contributed by atoms with Crippen molar-refractivity contribution in [3.8, 4) is 11.5 Å². The zero-order chi connectivity index (χ0) is 28.3. The van der Waals surface area contributed by atoms with Crippen LogP contribution < -0.4 is 13.8 Å². The van der Waals surface area contributed by atoms with Gasteiger partial charge in [-0.1, -0.05) is 25.1 Å². The Kier molecular flexibility index (Phi) is 7.96. The molecule has 0 atom stereocenters. The summed E-state index contributed by atoms with van der Waals surface area (Å²) in [5.41, 5.74) is 1.34. The summed E-state index contributed by atoms with van der Waals surface area (Å²) >= 11 is 0. The molecule has 0 aliphatic rings. The molecule has 1 aromatic heterocycles. The lowest BCUT2D eigenvalue weighted by atomic mass is 10.1. The minimum Gasteiger partial charge on any atom is -0.496 e. The predicted molar refractivity (Wildman–Crippen MR) is 146 cm³/mol. The van der Waals surface area contributed by atoms with Gasteiger partial charge in [-0.25, -0.2) is 13.2 Å². The molecule has 0 fully saturated rings. The average molecular weight is 552 g/mol. The highest BCUT2D eigenvalue weighted by Gasteiger charge is 2.36. The van der Waals surface area contributed by atoms with Gasteiger partial charge in [-0.2, -0.15) is 4.31 Å². The van der Waals surface area contributed by atoms with Gasteiger partial charge in [0.1, 0.15) is 34.0 Å². The second-order valence-electron chi connectivity index (χ2n) is 8.54. The van der Waals surface area contributed by atoms with E-state index >= 15 is 0 Å². The van der Waals surface area contributed by atoms with Gasteiger partial charge in [0, 0.05) is 5.39 Å². The second kappa shape index (κ2) is 11.2. The van der Waals surface area contributed by atoms with Crippen LogP contribution in [0.2, 0.25) is 0 Å². The number of sulfonamides is 1. The molecule has 0 spiro atoms. The van der Waals surface area contributed by atoms with Gasteiger partial charge in [0.2, 0.25) is 0 Å². The molecule has 0 radical (unpaired) electrons. The molecule has 0 aliphatic carbocycles. The first kappa shape index (κ1) is 27.7. The molecule has 4 rings (SSSR count). The first-order valence-electron chi connectivity index (χ1n) is 12.3. The number of hydrogen-bond donors (Lipinski definition) is 0. The molecule has 0 aliphatic heterocycles. The number of furan rings is 1. The minimum absolute atomic E-state index is 0.00799. The fourth-order valence-electron chi connectivity index (χ4n) is 4.32. The average Bonchev–Trinajstić information content (AvgIpc) is 3.27. The standard InChI is InChI=1S/C29H29NO8S/c1-6-19-11-14-21(15-12-19)39(33,34)30(28(31)27-24(35-4)9-8-10-25(27)36-5)20-13-16-23-22(17-20)26(18(3)38-23)29(32)37-7-2/h8-17H,6-7H2,1-5H3. The van der Waals surface area contributed by atoms with Crippen molar-refractivity contribution in [2.24, 2.45) is 0 Å². The molecule has 4 aromatic rings. The van der Waals surface area contributed by atoms with E-state index in [4.69, 9.17) is 18.6 Å². The van der Waals surface area contributed by atoms with E-state index in [0.29, 0.717) is 27.5 Å². The van der Waals surface area contributed by atoms with E-state index < -0.39 is 21.9 Å². The molecule has 0 saturated carbocycles. The van der Waals surface area contributed by atoms with Crippen molar-refractivity contribution in [1.29, 1.82) is 0 Å². The van der Waals surface area contributed by atoms with Crippen LogP contribution in [-0.4, -0.2) is 41.1 Å². The monoisotopic (exact) mass is 551 g/mol. The Morgan fingerprint density at radius 2 is 1.54 bits per heavy atom. The number of fused-ring (bicyclic) bond motifs is 1. The number of methoxy groups -OCH3 is 2. The molecule has 204 valence electrons. The summed E-state index contributed by atoms with van der Waals surface area (Å²) in [4.78, 5) is 26.8. The van der Waals surface area contributed by atoms with Crippen molar-refractivity contribution in [2.45, 2.75) is 32.1 Å². The van der Waals surface area contributed by atoms with Crippen LogP contribution in [0, 0.1) is 6.92 Å². The summed E-state index contributed by atoms with van der Waals surface area (Å²) < 4.78 is 50.6. The molecular formula is C29H29NO8S. The maximum Gasteiger partial charge on any atom is 0.342 e. The van der Waals surface area contributed by atoms with E-state index in [1.165, 1.54) is 56.7 Å². The first-order valence-corrected chi connectivity index (χ1v) is 13.7. The summed E-state index contributed by atoms with van der Waals surface area (Å²) in [7, 11) is -1.71. The van der Waals surface area contributed by atoms with Crippen LogP contribution in [0.1, 0.15) is 45.9 Å². The molecule has 3 aromatic carbocycles. The van der Waals surface area contributed by atoms with Gasteiger partial charge in [0.05, 0.1) is 31.4 Å². The van der Waals surface area contributed by atoms with Crippen molar-refractivity contribution in [2.75, 3.05) is 25.1 Å². The van der Waals surface area contributed by atoms with Crippen molar-refractivity contribution in [1.82, 2.24) is 0 Å². The van der Waals surface area contributed by atoms with E-state index in [0.717, 1.165) is 5.56 Å². The minimum atomic E-state index is -4.46. The normalized spacial score (nSPS) is 11.3. The highest BCUT2D eigenvalue weighted by atomic mass is 32.2. The van der Waals surface area contributed by atoms with Crippen LogP contribution in [-0.2, 0) is 21.2 Å². The molecule has 0 unspecified atom stereocenters. The maximum absolute atomic E-state index is 14.2. The number of amides is 1. The van der Waals surface area contributed by atoms with Crippen molar-refractivity contribution >= 4 is 38.6 Å². The third kappa shape index (κ3) is 5.07. The number of carbonyl (C=O) groups is 2. The third-order valence-electron chi connectivity index (χ3n) is 6.26. The number of rotatable bonds is 9. The Labute approximate surface area is 226 Å². The highest BCUT2D eigenvalue weighted by molar-refractivity contribution is 7.93. The van der Waals surface area contributed by atoms with Gasteiger partial charge in [-0.05, 0) is 68.3 Å². The summed E-state index contributed by atoms with van der Waals surface area (Å²) in [5, 5.41) is 0.310. The molecule has 0 N–H and O–H groups in total. The van der Waals surface area contributed by atoms with Crippen LogP contribution in [0.5, 0.6) is 11.5 Å². The summed E-state index contributed by atoms with van der Waals surface area (Å²) in [6.07, 6.45) is 0.717. The fourth-order valence-corrected chi connectivity index (χ4v) is 5.71. The van der Waals surface area contributed by atoms with Gasteiger partial charge < -0.3 is 18.6 Å². The zero-order valence-corrected chi connectivity index (χ0v) is 23.1. The number of benzene rings is 3. The van der Waals surface area contributed by atoms with Crippen LogP contribution in [0.25, 0.3) is 11.0 Å². The molecule has 10 heteroatoms. The summed E-state index contributed by atoms with van der Waals surface area (Å²) in [6.45, 7) is 5.39. The lowest BCUT2D eigenvalue weighted by molar-refractivity contribution is 0.0526. The Balaban J connectivity index is 1.99. The lowest BCUT2D eigenvalue weighted by Crippen LogP contribution is -2.37. The van der Waals surface area contributed by atoms with Crippen molar-refractivity contribution < 1.29 is 36.6 Å². The van der Waals surface area contributed by atoms with Crippen LogP contribution >= 0.6 is 0 Å². The Hall–Kier alpha value is -4.31. The predicted octanol–water partition coefficient (Wildman–Crippen LogP) is 5.53. The Morgan fingerprint density at radius 3 is 2.10 bits per heavy atom. The van der Waals surface area contributed by atoms with Crippen molar-refractivity contribution in [3.63, 3.8) is 0 Å². The molecule has 9 nitrogen and oxygen atoms in total. The maximum atomic E-state index is 14.2. The van der Waals surface area contributed by atoms with Crippen molar-refractivity contribution in [3.05, 3.63) is 83.1 Å². The number of anilines is 1. The zero-order valence-electron chi connectivity index (χ0n) is 22.3. The lowest BCUT2D eigenvalue weighted by Gasteiger charge is -2.24. The number of aryl methyl sites for hydroxylation is 2. The third-order valence-corrected chi connectivity index (χ3v) is 7.98. The largest absolute Gasteiger partial charge is 0.496 e. The Bertz CT molecular complexity index is 1620. The van der Waals surface area contributed by atoms with Gasteiger partial charge in [0.25, 0.3) is 15.9 Å². The van der Waals surface area contributed by atoms with Crippen LogP contribution in [0.15, 0.2) is 70.0 Å². The smallest absolute Gasteiger partial charge is 0.342 e. The van der Waals surface area contributed by atoms with Gasteiger partial charge in [-0.15, -0.1) is 0 Å². The number of hydrogen-bond acceptors (Lipinski definition) is 8.